The number of carboxylic acids is 1. The lowest BCUT2D eigenvalue weighted by atomic mass is 10.0. The summed E-state index contributed by atoms with van der Waals surface area (Å²) >= 11 is 0. The Bertz CT molecular complexity index is 1410. The normalized spacial score (nSPS) is 12.0. The summed E-state index contributed by atoms with van der Waals surface area (Å²) in [6, 6.07) is 13.5. The molecule has 0 atom stereocenters. The number of benzene rings is 3. The predicted molar refractivity (Wildman–Crippen MR) is 119 cm³/mol. The van der Waals surface area contributed by atoms with Gasteiger partial charge in [-0.3, -0.25) is 0 Å². The van der Waals surface area contributed by atoms with Crippen molar-refractivity contribution in [2.45, 2.75) is 28.9 Å². The zero-order valence-corrected chi connectivity index (χ0v) is 19.0. The summed E-state index contributed by atoms with van der Waals surface area (Å²) in [5.41, 5.74) is 1.21. The van der Waals surface area contributed by atoms with E-state index < -0.39 is 37.2 Å². The van der Waals surface area contributed by atoms with E-state index in [2.05, 4.69) is 0 Å². The van der Waals surface area contributed by atoms with E-state index in [-0.39, 0.29) is 20.9 Å². The predicted octanol–water partition coefficient (Wildman–Crippen LogP) is 4.13. The largest absolute Gasteiger partial charge is 0.478 e. The molecule has 32 heavy (non-hydrogen) atoms. The van der Waals surface area contributed by atoms with E-state index in [0.717, 1.165) is 12.3 Å². The van der Waals surface area contributed by atoms with E-state index in [4.69, 9.17) is 0 Å². The van der Waals surface area contributed by atoms with E-state index >= 15 is 0 Å². The molecule has 168 valence electrons. The maximum atomic E-state index is 13.8. The summed E-state index contributed by atoms with van der Waals surface area (Å²) in [6.45, 7) is 1.75. The Balaban J connectivity index is 2.21. The summed E-state index contributed by atoms with van der Waals surface area (Å²) in [5, 5.41) is 9.28. The molecule has 0 aromatic heterocycles. The molecule has 3 rings (SSSR count). The number of halogens is 1. The van der Waals surface area contributed by atoms with Crippen LogP contribution in [0.5, 0.6) is 0 Å². The van der Waals surface area contributed by atoms with Gasteiger partial charge in [0, 0.05) is 6.26 Å². The summed E-state index contributed by atoms with van der Waals surface area (Å²) in [6.07, 6.45) is 1.36. The summed E-state index contributed by atoms with van der Waals surface area (Å²) < 4.78 is 64.6. The minimum atomic E-state index is -4.07. The molecule has 0 aliphatic heterocycles. The van der Waals surface area contributed by atoms with Gasteiger partial charge in [0.25, 0.3) is 0 Å². The first-order valence-electron chi connectivity index (χ1n) is 9.60. The topological polar surface area (TPSA) is 106 Å². The molecule has 0 aliphatic carbocycles. The molecule has 0 amide bonds. The van der Waals surface area contributed by atoms with Gasteiger partial charge in [0.05, 0.1) is 21.1 Å². The van der Waals surface area contributed by atoms with Crippen LogP contribution in [0, 0.1) is 5.82 Å². The average molecular weight is 477 g/mol. The quantitative estimate of drug-likeness (QED) is 0.550. The van der Waals surface area contributed by atoms with Gasteiger partial charge in [-0.25, -0.2) is 26.0 Å². The zero-order valence-electron chi connectivity index (χ0n) is 17.4. The number of hydrogen-bond donors (Lipinski definition) is 1. The van der Waals surface area contributed by atoms with Gasteiger partial charge in [-0.05, 0) is 65.1 Å². The Morgan fingerprint density at radius 1 is 0.938 bits per heavy atom. The third-order valence-corrected chi connectivity index (χ3v) is 7.87. The third kappa shape index (κ3) is 5.05. The molecule has 0 spiro atoms. The molecular weight excluding hydrogens is 455 g/mol. The molecule has 0 heterocycles. The van der Waals surface area contributed by atoms with Crippen LogP contribution in [0.1, 0.15) is 28.4 Å². The van der Waals surface area contributed by atoms with E-state index in [1.54, 1.807) is 13.0 Å². The standard InChI is InChI=1S/C23H21FO6S2/c1-3-15-7-8-17(23(25)26)13-22(15)32(29,30)14-18-12-20(31(2,27)28)9-10-21(18)16-5-4-6-19(24)11-16/h4-13H,3,14H2,1-2H3,(H,25,26). The fraction of sp³-hybridized carbons (Fsp3) is 0.174. The van der Waals surface area contributed by atoms with Crippen LogP contribution in [-0.2, 0) is 31.8 Å². The van der Waals surface area contributed by atoms with E-state index in [9.17, 15) is 31.1 Å². The minimum Gasteiger partial charge on any atom is -0.478 e. The molecule has 0 saturated carbocycles. The van der Waals surface area contributed by atoms with E-state index in [1.807, 2.05) is 0 Å². The minimum absolute atomic E-state index is 0.0714. The first-order valence-corrected chi connectivity index (χ1v) is 13.1. The van der Waals surface area contributed by atoms with Gasteiger partial charge >= 0.3 is 5.97 Å². The van der Waals surface area contributed by atoms with Crippen molar-refractivity contribution in [3.63, 3.8) is 0 Å². The molecule has 0 radical (unpaired) electrons. The lowest BCUT2D eigenvalue weighted by Crippen LogP contribution is -2.11. The highest BCUT2D eigenvalue weighted by atomic mass is 32.2. The van der Waals surface area contributed by atoms with Gasteiger partial charge in [0.2, 0.25) is 0 Å². The van der Waals surface area contributed by atoms with Gasteiger partial charge in [-0.15, -0.1) is 0 Å². The SMILES string of the molecule is CCc1ccc(C(=O)O)cc1S(=O)(=O)Cc1cc(S(C)(=O)=O)ccc1-c1cccc(F)c1. The van der Waals surface area contributed by atoms with Crippen molar-refractivity contribution >= 4 is 25.6 Å². The van der Waals surface area contributed by atoms with Gasteiger partial charge in [0.1, 0.15) is 5.82 Å². The van der Waals surface area contributed by atoms with Crippen LogP contribution in [0.4, 0.5) is 4.39 Å². The monoisotopic (exact) mass is 476 g/mol. The van der Waals surface area contributed by atoms with Crippen molar-refractivity contribution in [2.24, 2.45) is 0 Å². The van der Waals surface area contributed by atoms with Gasteiger partial charge in [-0.1, -0.05) is 31.2 Å². The summed E-state index contributed by atoms with van der Waals surface area (Å²) in [4.78, 5) is 11.2. The van der Waals surface area contributed by atoms with Crippen LogP contribution in [0.2, 0.25) is 0 Å². The van der Waals surface area contributed by atoms with Crippen LogP contribution in [0.3, 0.4) is 0 Å². The highest BCUT2D eigenvalue weighted by Gasteiger charge is 2.24. The molecule has 0 fully saturated rings. The number of rotatable bonds is 7. The maximum absolute atomic E-state index is 13.8. The van der Waals surface area contributed by atoms with Crippen molar-refractivity contribution in [1.82, 2.24) is 0 Å². The van der Waals surface area contributed by atoms with Crippen molar-refractivity contribution in [3.8, 4) is 11.1 Å². The van der Waals surface area contributed by atoms with Gasteiger partial charge < -0.3 is 5.11 Å². The van der Waals surface area contributed by atoms with Crippen LogP contribution < -0.4 is 0 Å². The summed E-state index contributed by atoms with van der Waals surface area (Å²) in [7, 11) is -7.70. The molecule has 0 saturated heterocycles. The maximum Gasteiger partial charge on any atom is 0.335 e. The number of hydrogen-bond acceptors (Lipinski definition) is 5. The first kappa shape index (κ1) is 23.6. The number of carbonyl (C=O) groups is 1. The number of carboxylic acid groups (broad SMARTS) is 1. The molecule has 0 bridgehead atoms. The fourth-order valence-electron chi connectivity index (χ4n) is 3.41. The molecule has 9 heteroatoms. The zero-order chi connectivity index (χ0) is 23.7. The van der Waals surface area contributed by atoms with Crippen molar-refractivity contribution < 1.29 is 31.1 Å². The Hall–Kier alpha value is -3.04. The molecule has 0 unspecified atom stereocenters. The van der Waals surface area contributed by atoms with E-state index in [1.165, 1.54) is 48.5 Å². The molecule has 3 aromatic rings. The first-order chi connectivity index (χ1) is 14.9. The smallest absolute Gasteiger partial charge is 0.335 e. The van der Waals surface area contributed by atoms with Crippen LogP contribution in [-0.4, -0.2) is 34.2 Å². The molecule has 6 nitrogen and oxygen atoms in total. The molecular formula is C23H21FO6S2. The van der Waals surface area contributed by atoms with Crippen molar-refractivity contribution in [2.75, 3.05) is 6.26 Å². The van der Waals surface area contributed by atoms with Crippen LogP contribution in [0.25, 0.3) is 11.1 Å². The second kappa shape index (κ2) is 8.84. The number of aromatic carboxylic acids is 1. The third-order valence-electron chi connectivity index (χ3n) is 5.02. The molecule has 1 N–H and O–H groups in total. The Labute approximate surface area is 186 Å². The Morgan fingerprint density at radius 2 is 1.66 bits per heavy atom. The van der Waals surface area contributed by atoms with Gasteiger partial charge in [-0.2, -0.15) is 0 Å². The lowest BCUT2D eigenvalue weighted by Gasteiger charge is -2.15. The summed E-state index contributed by atoms with van der Waals surface area (Å²) in [5.74, 6) is -2.37. The molecule has 3 aromatic carbocycles. The van der Waals surface area contributed by atoms with Crippen LogP contribution in [0.15, 0.2) is 70.5 Å². The lowest BCUT2D eigenvalue weighted by molar-refractivity contribution is 0.0696. The highest BCUT2D eigenvalue weighted by molar-refractivity contribution is 7.91. The van der Waals surface area contributed by atoms with Crippen molar-refractivity contribution in [1.29, 1.82) is 0 Å². The fourth-order valence-corrected chi connectivity index (χ4v) is 5.80. The average Bonchev–Trinajstić information content (AvgIpc) is 2.72. The number of sulfone groups is 2. The highest BCUT2D eigenvalue weighted by Crippen LogP contribution is 2.31. The second-order valence-corrected chi connectivity index (χ2v) is 11.3. The Kier molecular flexibility index (Phi) is 6.52. The molecule has 0 aliphatic rings. The number of aryl methyl sites for hydroxylation is 1. The van der Waals surface area contributed by atoms with Crippen LogP contribution >= 0.6 is 0 Å². The Morgan fingerprint density at radius 3 is 2.25 bits per heavy atom. The second-order valence-electron chi connectivity index (χ2n) is 7.34. The van der Waals surface area contributed by atoms with E-state index in [0.29, 0.717) is 23.1 Å². The van der Waals surface area contributed by atoms with Gasteiger partial charge in [0.15, 0.2) is 19.7 Å². The van der Waals surface area contributed by atoms with Crippen molar-refractivity contribution in [3.05, 3.63) is 83.2 Å².